The first-order valence-electron chi connectivity index (χ1n) is 9.91. The molecule has 2 aromatic rings. The molecule has 0 atom stereocenters. The van der Waals surface area contributed by atoms with Crippen LogP contribution in [0.2, 0.25) is 10.0 Å². The number of anilines is 1. The van der Waals surface area contributed by atoms with Crippen LogP contribution in [-0.4, -0.2) is 42.5 Å². The molecular weight excluding hydrogens is 423 g/mol. The van der Waals surface area contributed by atoms with Gasteiger partial charge in [0.2, 0.25) is 0 Å². The Hall–Kier alpha value is -2.34. The standard InChI is InChI=1S/C23H22Cl2N2O3/c1-14(2)30-12-11-27-22(28)20(17-8-7-16(24)13-18(17)25)21(23(27)29)26-10-9-15-5-3-4-6-19(15)26/h3-8,13-14H,9-12H2,1-2H3. The van der Waals surface area contributed by atoms with Crippen LogP contribution in [-0.2, 0) is 20.7 Å². The zero-order chi connectivity index (χ0) is 21.4. The molecule has 2 aliphatic heterocycles. The summed E-state index contributed by atoms with van der Waals surface area (Å²) in [5.41, 5.74) is 3.26. The Morgan fingerprint density at radius 2 is 1.83 bits per heavy atom. The highest BCUT2D eigenvalue weighted by Gasteiger charge is 2.43. The number of carbonyl (C=O) groups excluding carboxylic acids is 2. The average Bonchev–Trinajstić information content (AvgIpc) is 3.22. The van der Waals surface area contributed by atoms with Crippen LogP contribution in [0.3, 0.4) is 0 Å². The third-order valence-corrected chi connectivity index (χ3v) is 5.81. The SMILES string of the molecule is CC(C)OCCN1C(=O)C(c2ccc(Cl)cc2Cl)=C(N2CCc3ccccc32)C1=O. The quantitative estimate of drug-likeness (QED) is 0.612. The number of amides is 2. The zero-order valence-electron chi connectivity index (χ0n) is 16.8. The summed E-state index contributed by atoms with van der Waals surface area (Å²) < 4.78 is 5.58. The van der Waals surface area contributed by atoms with Crippen molar-refractivity contribution in [3.8, 4) is 0 Å². The molecule has 0 N–H and O–H groups in total. The second kappa shape index (κ2) is 8.42. The van der Waals surface area contributed by atoms with Crippen LogP contribution < -0.4 is 4.90 Å². The van der Waals surface area contributed by atoms with Gasteiger partial charge in [-0.05, 0) is 44.0 Å². The van der Waals surface area contributed by atoms with E-state index in [0.29, 0.717) is 33.4 Å². The molecule has 2 amide bonds. The molecule has 0 aromatic heterocycles. The summed E-state index contributed by atoms with van der Waals surface area (Å²) in [6.07, 6.45) is 0.819. The summed E-state index contributed by atoms with van der Waals surface area (Å²) in [7, 11) is 0. The fourth-order valence-electron chi connectivity index (χ4n) is 3.90. The van der Waals surface area contributed by atoms with Crippen molar-refractivity contribution in [3.05, 3.63) is 69.3 Å². The minimum absolute atomic E-state index is 0.0147. The molecule has 0 spiro atoms. The van der Waals surface area contributed by atoms with Crippen LogP contribution in [0.25, 0.3) is 5.57 Å². The molecule has 0 saturated heterocycles. The lowest BCUT2D eigenvalue weighted by Gasteiger charge is -2.22. The smallest absolute Gasteiger partial charge is 0.278 e. The van der Waals surface area contributed by atoms with Gasteiger partial charge in [0, 0.05) is 22.8 Å². The first kappa shape index (κ1) is 20.9. The molecule has 0 unspecified atom stereocenters. The topological polar surface area (TPSA) is 49.9 Å². The van der Waals surface area contributed by atoms with Crippen molar-refractivity contribution in [1.29, 1.82) is 0 Å². The molecule has 5 nitrogen and oxygen atoms in total. The lowest BCUT2D eigenvalue weighted by molar-refractivity contribution is -0.138. The number of carbonyl (C=O) groups is 2. The van der Waals surface area contributed by atoms with Crippen molar-refractivity contribution in [2.45, 2.75) is 26.4 Å². The maximum absolute atomic E-state index is 13.4. The van der Waals surface area contributed by atoms with E-state index >= 15 is 0 Å². The predicted molar refractivity (Wildman–Crippen MR) is 119 cm³/mol. The lowest BCUT2D eigenvalue weighted by atomic mass is 10.0. The summed E-state index contributed by atoms with van der Waals surface area (Å²) in [5, 5.41) is 0.806. The number of halogens is 2. The number of benzene rings is 2. The minimum Gasteiger partial charge on any atom is -0.377 e. The van der Waals surface area contributed by atoms with E-state index in [0.717, 1.165) is 17.7 Å². The number of rotatable bonds is 6. The van der Waals surface area contributed by atoms with Gasteiger partial charge in [-0.3, -0.25) is 14.5 Å². The largest absolute Gasteiger partial charge is 0.377 e. The van der Waals surface area contributed by atoms with Gasteiger partial charge in [-0.25, -0.2) is 0 Å². The fourth-order valence-corrected chi connectivity index (χ4v) is 4.40. The monoisotopic (exact) mass is 444 g/mol. The van der Waals surface area contributed by atoms with Crippen molar-refractivity contribution in [3.63, 3.8) is 0 Å². The van der Waals surface area contributed by atoms with Gasteiger partial charge in [0.05, 0.1) is 29.9 Å². The zero-order valence-corrected chi connectivity index (χ0v) is 18.3. The second-order valence-electron chi connectivity index (χ2n) is 7.56. The van der Waals surface area contributed by atoms with Gasteiger partial charge in [0.25, 0.3) is 11.8 Å². The van der Waals surface area contributed by atoms with Crippen LogP contribution in [0.4, 0.5) is 5.69 Å². The number of hydrogen-bond donors (Lipinski definition) is 0. The Kier molecular flexibility index (Phi) is 5.87. The molecule has 0 saturated carbocycles. The molecule has 0 aliphatic carbocycles. The van der Waals surface area contributed by atoms with Crippen molar-refractivity contribution in [2.75, 3.05) is 24.6 Å². The fraction of sp³-hybridized carbons (Fsp3) is 0.304. The summed E-state index contributed by atoms with van der Waals surface area (Å²) in [4.78, 5) is 30.0. The van der Waals surface area contributed by atoms with Crippen LogP contribution in [0.5, 0.6) is 0 Å². The van der Waals surface area contributed by atoms with E-state index in [4.69, 9.17) is 27.9 Å². The predicted octanol–water partition coefficient (Wildman–Crippen LogP) is 4.56. The number of hydrogen-bond acceptors (Lipinski definition) is 4. The molecule has 4 rings (SSSR count). The third kappa shape index (κ3) is 3.73. The van der Waals surface area contributed by atoms with Gasteiger partial charge < -0.3 is 9.64 Å². The van der Waals surface area contributed by atoms with Crippen molar-refractivity contribution < 1.29 is 14.3 Å². The van der Waals surface area contributed by atoms with E-state index in [9.17, 15) is 9.59 Å². The maximum atomic E-state index is 13.4. The normalized spacial score (nSPS) is 16.3. The highest BCUT2D eigenvalue weighted by molar-refractivity contribution is 6.41. The number of fused-ring (bicyclic) bond motifs is 1. The van der Waals surface area contributed by atoms with Crippen LogP contribution in [0, 0.1) is 0 Å². The van der Waals surface area contributed by atoms with E-state index in [1.165, 1.54) is 4.90 Å². The summed E-state index contributed by atoms with van der Waals surface area (Å²) in [6, 6.07) is 12.9. The molecule has 2 aromatic carbocycles. The molecule has 0 bridgehead atoms. The molecule has 7 heteroatoms. The van der Waals surface area contributed by atoms with Gasteiger partial charge in [-0.15, -0.1) is 0 Å². The summed E-state index contributed by atoms with van der Waals surface area (Å²) >= 11 is 12.5. The number of para-hydroxylation sites is 1. The van der Waals surface area contributed by atoms with E-state index in [2.05, 4.69) is 0 Å². The number of ether oxygens (including phenoxy) is 1. The number of imide groups is 1. The van der Waals surface area contributed by atoms with Gasteiger partial charge in [-0.1, -0.05) is 47.5 Å². The molecule has 2 aliphatic rings. The molecule has 30 heavy (non-hydrogen) atoms. The van der Waals surface area contributed by atoms with Gasteiger partial charge in [0.1, 0.15) is 5.70 Å². The van der Waals surface area contributed by atoms with Gasteiger partial charge >= 0.3 is 0 Å². The Labute approximate surface area is 185 Å². The maximum Gasteiger partial charge on any atom is 0.278 e. The highest BCUT2D eigenvalue weighted by Crippen LogP contribution is 2.40. The molecule has 156 valence electrons. The van der Waals surface area contributed by atoms with E-state index in [-0.39, 0.29) is 31.1 Å². The minimum atomic E-state index is -0.365. The lowest BCUT2D eigenvalue weighted by Crippen LogP contribution is -2.37. The van der Waals surface area contributed by atoms with Crippen LogP contribution in [0.15, 0.2) is 48.2 Å². The average molecular weight is 445 g/mol. The first-order valence-corrected chi connectivity index (χ1v) is 10.7. The Bertz CT molecular complexity index is 1050. The second-order valence-corrected chi connectivity index (χ2v) is 8.40. The molecular formula is C23H22Cl2N2O3. The highest BCUT2D eigenvalue weighted by atomic mass is 35.5. The molecule has 2 heterocycles. The van der Waals surface area contributed by atoms with Crippen molar-refractivity contribution in [1.82, 2.24) is 4.90 Å². The van der Waals surface area contributed by atoms with E-state index in [1.807, 2.05) is 43.0 Å². The Morgan fingerprint density at radius 3 is 2.57 bits per heavy atom. The third-order valence-electron chi connectivity index (χ3n) is 5.27. The van der Waals surface area contributed by atoms with Gasteiger partial charge in [0.15, 0.2) is 0 Å². The summed E-state index contributed by atoms with van der Waals surface area (Å²) in [6.45, 7) is 4.91. The van der Waals surface area contributed by atoms with Crippen molar-refractivity contribution in [2.24, 2.45) is 0 Å². The van der Waals surface area contributed by atoms with Crippen molar-refractivity contribution >= 4 is 46.3 Å². The molecule has 0 radical (unpaired) electrons. The van der Waals surface area contributed by atoms with Crippen LogP contribution >= 0.6 is 23.2 Å². The van der Waals surface area contributed by atoms with Crippen LogP contribution in [0.1, 0.15) is 25.0 Å². The van der Waals surface area contributed by atoms with Gasteiger partial charge in [-0.2, -0.15) is 0 Å². The summed E-state index contributed by atoms with van der Waals surface area (Å²) in [5.74, 6) is -0.693. The van der Waals surface area contributed by atoms with E-state index < -0.39 is 0 Å². The number of nitrogens with zero attached hydrogens (tertiary/aromatic N) is 2. The Balaban J connectivity index is 1.79. The molecule has 0 fully saturated rings. The Morgan fingerprint density at radius 1 is 1.07 bits per heavy atom. The van der Waals surface area contributed by atoms with E-state index in [1.54, 1.807) is 18.2 Å². The first-order chi connectivity index (χ1) is 14.4.